The van der Waals surface area contributed by atoms with E-state index in [4.69, 9.17) is 11.1 Å². The molecular weight excluding hydrogens is 459 g/mol. The van der Waals surface area contributed by atoms with E-state index in [0.717, 1.165) is 59.8 Å². The van der Waals surface area contributed by atoms with Crippen molar-refractivity contribution in [2.24, 2.45) is 0 Å². The van der Waals surface area contributed by atoms with Gasteiger partial charge in [0, 0.05) is 23.4 Å². The summed E-state index contributed by atoms with van der Waals surface area (Å²) in [6.45, 7) is 2.22. The molecule has 8 nitrogen and oxygen atoms in total. The predicted octanol–water partition coefficient (Wildman–Crippen LogP) is 4.67. The molecule has 0 unspecified atom stereocenters. The molecule has 9 heteroatoms. The van der Waals surface area contributed by atoms with Crippen LogP contribution in [0.4, 0.5) is 16.0 Å². The molecule has 0 amide bonds. The number of aromatic hydroxyl groups is 1. The fourth-order valence-corrected chi connectivity index (χ4v) is 5.12. The Morgan fingerprint density at radius 2 is 2.00 bits per heavy atom. The molecule has 5 rings (SSSR count). The van der Waals surface area contributed by atoms with E-state index in [0.29, 0.717) is 0 Å². The maximum Gasteiger partial charge on any atom is 0.259 e. The van der Waals surface area contributed by atoms with E-state index in [1.165, 1.54) is 12.4 Å². The van der Waals surface area contributed by atoms with Gasteiger partial charge in [-0.25, -0.2) is 14.4 Å². The standard InChI is InChI=1S/C27H27FN6O2/c1-15-5-4-6-16-10-20(34(27(36)22(15)16)19-7-2-3-8-19)13-31-26-23(25(30)32-14-33-26)24(29)17-9-18(28)12-21(35)11-17/h4-6,9-12,14,19,29,35H,2-3,7-8,13H2,1H3,(H3,30,31,32,33). The number of halogens is 1. The van der Waals surface area contributed by atoms with Crippen LogP contribution in [0.5, 0.6) is 5.75 Å². The molecule has 0 saturated heterocycles. The van der Waals surface area contributed by atoms with Gasteiger partial charge < -0.3 is 20.7 Å². The molecule has 0 aliphatic heterocycles. The Bertz CT molecular complexity index is 1520. The number of nitrogen functional groups attached to an aromatic ring is 1. The molecule has 2 aromatic carbocycles. The van der Waals surface area contributed by atoms with Crippen molar-refractivity contribution in [1.82, 2.24) is 14.5 Å². The smallest absolute Gasteiger partial charge is 0.259 e. The first-order valence-corrected chi connectivity index (χ1v) is 11.9. The number of aromatic nitrogens is 3. The SMILES string of the molecule is Cc1cccc2cc(CNc3ncnc(N)c3C(=N)c3cc(O)cc(F)c3)n(C3CCCC3)c(=O)c12. The third-order valence-corrected chi connectivity index (χ3v) is 6.79. The molecule has 1 saturated carbocycles. The Kier molecular flexibility index (Phi) is 6.13. The van der Waals surface area contributed by atoms with Crippen molar-refractivity contribution in [2.45, 2.75) is 45.2 Å². The topological polar surface area (TPSA) is 130 Å². The summed E-state index contributed by atoms with van der Waals surface area (Å²) in [6, 6.07) is 11.4. The van der Waals surface area contributed by atoms with Gasteiger partial charge in [0.25, 0.3) is 5.56 Å². The molecule has 0 bridgehead atoms. The van der Waals surface area contributed by atoms with Crippen LogP contribution in [0.25, 0.3) is 10.8 Å². The summed E-state index contributed by atoms with van der Waals surface area (Å²) in [4.78, 5) is 21.9. The van der Waals surface area contributed by atoms with Crippen molar-refractivity contribution in [3.05, 3.63) is 87.3 Å². The molecule has 36 heavy (non-hydrogen) atoms. The third kappa shape index (κ3) is 4.28. The minimum Gasteiger partial charge on any atom is -0.508 e. The van der Waals surface area contributed by atoms with E-state index in [9.17, 15) is 14.3 Å². The van der Waals surface area contributed by atoms with E-state index in [1.807, 2.05) is 35.8 Å². The number of rotatable bonds is 6. The van der Waals surface area contributed by atoms with Crippen LogP contribution >= 0.6 is 0 Å². The summed E-state index contributed by atoms with van der Waals surface area (Å²) in [6.07, 6.45) is 5.35. The first-order chi connectivity index (χ1) is 17.3. The Morgan fingerprint density at radius 1 is 1.22 bits per heavy atom. The van der Waals surface area contributed by atoms with Crippen molar-refractivity contribution in [3.8, 4) is 5.75 Å². The maximum absolute atomic E-state index is 13.9. The quantitative estimate of drug-likeness (QED) is 0.293. The fraction of sp³-hybridized carbons (Fsp3) is 0.259. The number of fused-ring (bicyclic) bond motifs is 1. The third-order valence-electron chi connectivity index (χ3n) is 6.79. The van der Waals surface area contributed by atoms with Gasteiger partial charge in [-0.2, -0.15) is 0 Å². The lowest BCUT2D eigenvalue weighted by atomic mass is 10.0. The first kappa shape index (κ1) is 23.5. The zero-order valence-electron chi connectivity index (χ0n) is 19.9. The second-order valence-corrected chi connectivity index (χ2v) is 9.20. The number of phenolic OH excluding ortho intramolecular Hbond substituents is 1. The number of nitrogens with zero attached hydrogens (tertiary/aromatic N) is 3. The lowest BCUT2D eigenvalue weighted by molar-refractivity contribution is 0.469. The lowest BCUT2D eigenvalue weighted by Crippen LogP contribution is -2.28. The molecule has 0 spiro atoms. The molecule has 4 aromatic rings. The predicted molar refractivity (Wildman–Crippen MR) is 138 cm³/mol. The van der Waals surface area contributed by atoms with Crippen LogP contribution in [-0.4, -0.2) is 25.4 Å². The van der Waals surface area contributed by atoms with Gasteiger partial charge >= 0.3 is 0 Å². The monoisotopic (exact) mass is 486 g/mol. The van der Waals surface area contributed by atoms with Crippen LogP contribution in [0.1, 0.15) is 54.1 Å². The number of nitrogens with two attached hydrogens (primary N) is 1. The highest BCUT2D eigenvalue weighted by Crippen LogP contribution is 2.31. The van der Waals surface area contributed by atoms with Gasteiger partial charge in [0.05, 0.1) is 23.2 Å². The summed E-state index contributed by atoms with van der Waals surface area (Å²) in [5.41, 5.74) is 8.06. The molecule has 1 aliphatic carbocycles. The van der Waals surface area contributed by atoms with E-state index >= 15 is 0 Å². The number of benzene rings is 2. The minimum atomic E-state index is -0.674. The van der Waals surface area contributed by atoms with Crippen molar-refractivity contribution in [3.63, 3.8) is 0 Å². The highest BCUT2D eigenvalue weighted by Gasteiger charge is 2.23. The Balaban J connectivity index is 1.55. The van der Waals surface area contributed by atoms with Gasteiger partial charge in [0.2, 0.25) is 0 Å². The van der Waals surface area contributed by atoms with Gasteiger partial charge in [-0.3, -0.25) is 10.2 Å². The molecule has 2 heterocycles. The highest BCUT2D eigenvalue weighted by molar-refractivity contribution is 6.16. The van der Waals surface area contributed by atoms with E-state index in [1.54, 1.807) is 0 Å². The summed E-state index contributed by atoms with van der Waals surface area (Å²) < 4.78 is 15.8. The minimum absolute atomic E-state index is 0.000274. The van der Waals surface area contributed by atoms with Gasteiger partial charge in [0.15, 0.2) is 0 Å². The highest BCUT2D eigenvalue weighted by atomic mass is 19.1. The molecule has 0 atom stereocenters. The van der Waals surface area contributed by atoms with Crippen molar-refractivity contribution >= 4 is 28.1 Å². The number of pyridine rings is 1. The largest absolute Gasteiger partial charge is 0.508 e. The van der Waals surface area contributed by atoms with Crippen LogP contribution in [0.15, 0.2) is 53.6 Å². The molecular formula is C27H27FN6O2. The van der Waals surface area contributed by atoms with E-state index in [2.05, 4.69) is 15.3 Å². The molecule has 0 radical (unpaired) electrons. The first-order valence-electron chi connectivity index (χ1n) is 11.9. The molecule has 2 aromatic heterocycles. The number of hydrogen-bond acceptors (Lipinski definition) is 7. The molecule has 5 N–H and O–H groups in total. The summed E-state index contributed by atoms with van der Waals surface area (Å²) in [7, 11) is 0. The van der Waals surface area contributed by atoms with Gasteiger partial charge in [-0.05, 0) is 48.9 Å². The van der Waals surface area contributed by atoms with Gasteiger partial charge in [0.1, 0.15) is 29.5 Å². The Hall–Kier alpha value is -4.27. The number of aryl methyl sites for hydroxylation is 1. The average molecular weight is 487 g/mol. The summed E-state index contributed by atoms with van der Waals surface area (Å²) in [5.74, 6) is -0.645. The van der Waals surface area contributed by atoms with Gasteiger partial charge in [-0.1, -0.05) is 31.0 Å². The van der Waals surface area contributed by atoms with Crippen molar-refractivity contribution < 1.29 is 9.50 Å². The number of hydrogen-bond donors (Lipinski definition) is 4. The second kappa shape index (κ2) is 9.41. The van der Waals surface area contributed by atoms with Crippen LogP contribution in [0.3, 0.4) is 0 Å². The van der Waals surface area contributed by atoms with Gasteiger partial charge in [-0.15, -0.1) is 0 Å². The van der Waals surface area contributed by atoms with Crippen molar-refractivity contribution in [1.29, 1.82) is 5.41 Å². The normalized spacial score (nSPS) is 13.8. The number of phenols is 1. The number of anilines is 2. The summed E-state index contributed by atoms with van der Waals surface area (Å²) in [5, 5.41) is 23.3. The number of nitrogens with one attached hydrogen (secondary N) is 2. The Morgan fingerprint density at radius 3 is 2.75 bits per heavy atom. The lowest BCUT2D eigenvalue weighted by Gasteiger charge is -2.22. The van der Waals surface area contributed by atoms with Crippen LogP contribution < -0.4 is 16.6 Å². The van der Waals surface area contributed by atoms with Crippen LogP contribution in [0, 0.1) is 18.2 Å². The molecule has 184 valence electrons. The summed E-state index contributed by atoms with van der Waals surface area (Å²) >= 11 is 0. The zero-order valence-corrected chi connectivity index (χ0v) is 19.9. The molecule has 1 fully saturated rings. The van der Waals surface area contributed by atoms with E-state index in [-0.39, 0.29) is 52.4 Å². The second-order valence-electron chi connectivity index (χ2n) is 9.20. The zero-order chi connectivity index (χ0) is 25.4. The van der Waals surface area contributed by atoms with Crippen LogP contribution in [-0.2, 0) is 6.54 Å². The molecule has 1 aliphatic rings. The fourth-order valence-electron chi connectivity index (χ4n) is 5.12. The van der Waals surface area contributed by atoms with E-state index < -0.39 is 5.82 Å². The van der Waals surface area contributed by atoms with Crippen molar-refractivity contribution in [2.75, 3.05) is 11.1 Å². The average Bonchev–Trinajstić information content (AvgIpc) is 3.36. The Labute approximate surface area is 207 Å². The van der Waals surface area contributed by atoms with Crippen LogP contribution in [0.2, 0.25) is 0 Å². The maximum atomic E-state index is 13.9.